The predicted molar refractivity (Wildman–Crippen MR) is 37.2 cm³/mol. The maximum Gasteiger partial charge on any atom is 0.0622 e. The molecular formula is C7H13NO. The fourth-order valence-electron chi connectivity index (χ4n) is 1.04. The van der Waals surface area contributed by atoms with Gasteiger partial charge in [0.15, 0.2) is 0 Å². The molecular weight excluding hydrogens is 114 g/mol. The Bertz CT molecular complexity index is 113. The van der Waals surface area contributed by atoms with Gasteiger partial charge in [-0.25, -0.2) is 0 Å². The molecule has 0 bridgehead atoms. The summed E-state index contributed by atoms with van der Waals surface area (Å²) in [5, 5.41) is 8.74. The minimum Gasteiger partial charge on any atom is -0.394 e. The van der Waals surface area contributed by atoms with Gasteiger partial charge in [0.1, 0.15) is 0 Å². The fourth-order valence-corrected chi connectivity index (χ4v) is 1.04. The van der Waals surface area contributed by atoms with Crippen LogP contribution in [0.1, 0.15) is 6.92 Å². The van der Waals surface area contributed by atoms with Crippen molar-refractivity contribution in [2.75, 3.05) is 13.2 Å². The Hall–Kier alpha value is -0.340. The molecule has 1 N–H and O–H groups in total. The molecule has 9 heavy (non-hydrogen) atoms. The van der Waals surface area contributed by atoms with Gasteiger partial charge in [0.25, 0.3) is 0 Å². The Morgan fingerprint density at radius 1 is 2.00 bits per heavy atom. The van der Waals surface area contributed by atoms with Gasteiger partial charge >= 0.3 is 0 Å². The van der Waals surface area contributed by atoms with E-state index < -0.39 is 0 Å². The van der Waals surface area contributed by atoms with E-state index >= 15 is 0 Å². The van der Waals surface area contributed by atoms with Crippen LogP contribution < -0.4 is 0 Å². The third kappa shape index (κ3) is 1.32. The molecule has 1 saturated heterocycles. The molecule has 3 atom stereocenters. The van der Waals surface area contributed by atoms with Crippen molar-refractivity contribution in [1.82, 2.24) is 4.90 Å². The van der Waals surface area contributed by atoms with E-state index in [1.807, 2.05) is 0 Å². The van der Waals surface area contributed by atoms with E-state index in [0.29, 0.717) is 6.04 Å². The number of aliphatic hydroxyl groups is 1. The monoisotopic (exact) mass is 127 g/mol. The van der Waals surface area contributed by atoms with Gasteiger partial charge in [0.05, 0.1) is 12.6 Å². The molecule has 1 heterocycles. The first-order valence-electron chi connectivity index (χ1n) is 3.28. The fraction of sp³-hybridized carbons (Fsp3) is 0.714. The Labute approximate surface area is 55.8 Å². The average molecular weight is 127 g/mol. The van der Waals surface area contributed by atoms with Gasteiger partial charge < -0.3 is 5.11 Å². The first kappa shape index (κ1) is 6.78. The van der Waals surface area contributed by atoms with Crippen LogP contribution in [0.25, 0.3) is 0 Å². The van der Waals surface area contributed by atoms with Gasteiger partial charge in [-0.3, -0.25) is 4.90 Å². The summed E-state index contributed by atoms with van der Waals surface area (Å²) in [6.45, 7) is 7.08. The Morgan fingerprint density at radius 3 is 2.67 bits per heavy atom. The third-order valence-electron chi connectivity index (χ3n) is 1.79. The number of rotatable bonds is 3. The zero-order valence-corrected chi connectivity index (χ0v) is 5.75. The molecule has 0 aromatic heterocycles. The lowest BCUT2D eigenvalue weighted by Crippen LogP contribution is -2.21. The highest BCUT2D eigenvalue weighted by Crippen LogP contribution is 2.20. The molecule has 2 unspecified atom stereocenters. The van der Waals surface area contributed by atoms with Crippen molar-refractivity contribution in [2.24, 2.45) is 0 Å². The van der Waals surface area contributed by atoms with E-state index in [1.165, 1.54) is 0 Å². The van der Waals surface area contributed by atoms with E-state index in [2.05, 4.69) is 18.4 Å². The van der Waals surface area contributed by atoms with Gasteiger partial charge in [0.2, 0.25) is 0 Å². The number of hydrogen-bond acceptors (Lipinski definition) is 2. The molecule has 0 spiro atoms. The molecule has 1 aliphatic heterocycles. The summed E-state index contributed by atoms with van der Waals surface area (Å²) in [5.41, 5.74) is 0. The lowest BCUT2D eigenvalue weighted by Gasteiger charge is -2.08. The van der Waals surface area contributed by atoms with Crippen LogP contribution in [0, 0.1) is 0 Å². The SMILES string of the molecule is C=C[C@H](CO)N1CC1C. The van der Waals surface area contributed by atoms with Crippen LogP contribution in [0.4, 0.5) is 0 Å². The summed E-state index contributed by atoms with van der Waals surface area (Å²) in [7, 11) is 0. The van der Waals surface area contributed by atoms with Crippen molar-refractivity contribution in [3.05, 3.63) is 12.7 Å². The van der Waals surface area contributed by atoms with Crippen molar-refractivity contribution in [3.8, 4) is 0 Å². The molecule has 1 rings (SSSR count). The zero-order valence-electron chi connectivity index (χ0n) is 5.75. The second kappa shape index (κ2) is 2.50. The molecule has 52 valence electrons. The van der Waals surface area contributed by atoms with Crippen LogP contribution in [0.2, 0.25) is 0 Å². The largest absolute Gasteiger partial charge is 0.394 e. The summed E-state index contributed by atoms with van der Waals surface area (Å²) in [6, 6.07) is 0.847. The smallest absolute Gasteiger partial charge is 0.0622 e. The van der Waals surface area contributed by atoms with Gasteiger partial charge in [-0.1, -0.05) is 6.08 Å². The van der Waals surface area contributed by atoms with E-state index in [4.69, 9.17) is 5.11 Å². The standard InChI is InChI=1S/C7H13NO/c1-3-7(5-9)8-4-6(8)2/h3,6-7,9H,1,4-5H2,2H3/t6?,7-,8?/m1/s1. The first-order valence-corrected chi connectivity index (χ1v) is 3.28. The summed E-state index contributed by atoms with van der Waals surface area (Å²) in [4.78, 5) is 2.20. The maximum absolute atomic E-state index is 8.74. The van der Waals surface area contributed by atoms with Crippen LogP contribution in [0.3, 0.4) is 0 Å². The van der Waals surface area contributed by atoms with Crippen molar-refractivity contribution < 1.29 is 5.11 Å². The van der Waals surface area contributed by atoms with E-state index in [1.54, 1.807) is 6.08 Å². The van der Waals surface area contributed by atoms with Gasteiger partial charge in [-0.05, 0) is 6.92 Å². The average Bonchev–Trinajstić information content (AvgIpc) is 2.51. The second-order valence-electron chi connectivity index (χ2n) is 2.53. The third-order valence-corrected chi connectivity index (χ3v) is 1.79. The van der Waals surface area contributed by atoms with Crippen LogP contribution in [0.15, 0.2) is 12.7 Å². The first-order chi connectivity index (χ1) is 4.29. The van der Waals surface area contributed by atoms with E-state index in [0.717, 1.165) is 6.54 Å². The zero-order chi connectivity index (χ0) is 6.85. The molecule has 1 fully saturated rings. The number of aliphatic hydroxyl groups excluding tert-OH is 1. The topological polar surface area (TPSA) is 23.2 Å². The van der Waals surface area contributed by atoms with Crippen LogP contribution >= 0.6 is 0 Å². The minimum atomic E-state index is 0.194. The van der Waals surface area contributed by atoms with E-state index in [9.17, 15) is 0 Å². The Balaban J connectivity index is 2.31. The molecule has 0 amide bonds. The van der Waals surface area contributed by atoms with Crippen LogP contribution in [-0.2, 0) is 0 Å². The highest BCUT2D eigenvalue weighted by atomic mass is 16.3. The Morgan fingerprint density at radius 2 is 2.56 bits per heavy atom. The summed E-state index contributed by atoms with van der Waals surface area (Å²) in [5.74, 6) is 0. The second-order valence-corrected chi connectivity index (χ2v) is 2.53. The highest BCUT2D eigenvalue weighted by Gasteiger charge is 2.33. The molecule has 0 radical (unpaired) electrons. The molecule has 0 aromatic rings. The Kier molecular flexibility index (Phi) is 1.88. The normalized spacial score (nSPS) is 35.8. The predicted octanol–water partition coefficient (Wildman–Crippen LogP) is 0.237. The van der Waals surface area contributed by atoms with Gasteiger partial charge in [-0.2, -0.15) is 0 Å². The van der Waals surface area contributed by atoms with Crippen molar-refractivity contribution in [3.63, 3.8) is 0 Å². The minimum absolute atomic E-state index is 0.194. The summed E-state index contributed by atoms with van der Waals surface area (Å²) < 4.78 is 0. The molecule has 0 saturated carbocycles. The number of hydrogen-bond donors (Lipinski definition) is 1. The molecule has 2 heteroatoms. The molecule has 0 aliphatic carbocycles. The molecule has 1 aliphatic rings. The van der Waals surface area contributed by atoms with E-state index in [-0.39, 0.29) is 12.6 Å². The van der Waals surface area contributed by atoms with Crippen molar-refractivity contribution >= 4 is 0 Å². The van der Waals surface area contributed by atoms with Crippen LogP contribution in [0.5, 0.6) is 0 Å². The van der Waals surface area contributed by atoms with Gasteiger partial charge in [-0.15, -0.1) is 6.58 Å². The molecule has 0 aromatic carbocycles. The lowest BCUT2D eigenvalue weighted by atomic mass is 10.3. The summed E-state index contributed by atoms with van der Waals surface area (Å²) >= 11 is 0. The van der Waals surface area contributed by atoms with Crippen LogP contribution in [-0.4, -0.2) is 35.2 Å². The maximum atomic E-state index is 8.74. The number of nitrogens with zero attached hydrogens (tertiary/aromatic N) is 1. The quantitative estimate of drug-likeness (QED) is 0.433. The lowest BCUT2D eigenvalue weighted by molar-refractivity contribution is 0.228. The highest BCUT2D eigenvalue weighted by molar-refractivity contribution is 4.98. The van der Waals surface area contributed by atoms with Gasteiger partial charge in [0, 0.05) is 12.6 Å². The molecule has 2 nitrogen and oxygen atoms in total. The summed E-state index contributed by atoms with van der Waals surface area (Å²) in [6.07, 6.45) is 1.80. The van der Waals surface area contributed by atoms with Crippen molar-refractivity contribution in [1.29, 1.82) is 0 Å². The van der Waals surface area contributed by atoms with Crippen molar-refractivity contribution in [2.45, 2.75) is 19.0 Å².